The molecule has 1 N–H and O–H groups in total. The molecule has 0 saturated carbocycles. The lowest BCUT2D eigenvalue weighted by atomic mass is 10.1. The lowest BCUT2D eigenvalue weighted by Gasteiger charge is -2.07. The van der Waals surface area contributed by atoms with Crippen LogP contribution in [-0.2, 0) is 6.42 Å². The lowest BCUT2D eigenvalue weighted by molar-refractivity contribution is 0.184. The van der Waals surface area contributed by atoms with Gasteiger partial charge < -0.3 is 9.84 Å². The fourth-order valence-electron chi connectivity index (χ4n) is 1.16. The van der Waals surface area contributed by atoms with Crippen LogP contribution in [0.5, 0.6) is 5.88 Å². The van der Waals surface area contributed by atoms with Crippen LogP contribution in [0.4, 0.5) is 0 Å². The van der Waals surface area contributed by atoms with Gasteiger partial charge in [0.1, 0.15) is 0 Å². The molecule has 0 aliphatic carbocycles. The minimum absolute atomic E-state index is 0.273. The molecule has 1 rings (SSSR count). The smallest absolute Gasteiger partial charge is 0.216 e. The minimum Gasteiger partial charge on any atom is -0.481 e. The monoisotopic (exact) mass is 181 g/mol. The molecule has 72 valence electrons. The Labute approximate surface area is 78.4 Å². The van der Waals surface area contributed by atoms with E-state index < -0.39 is 0 Å². The molecular weight excluding hydrogens is 166 g/mol. The van der Waals surface area contributed by atoms with E-state index in [2.05, 4.69) is 4.98 Å². The number of aliphatic hydroxyl groups is 1. The number of nitrogens with zero attached hydrogens (tertiary/aromatic N) is 1. The number of aromatic nitrogens is 1. The number of pyridine rings is 1. The van der Waals surface area contributed by atoms with Crippen molar-refractivity contribution in [3.05, 3.63) is 23.9 Å². The van der Waals surface area contributed by atoms with Gasteiger partial charge in [0, 0.05) is 11.8 Å². The van der Waals surface area contributed by atoms with E-state index in [9.17, 15) is 0 Å². The summed E-state index contributed by atoms with van der Waals surface area (Å²) in [5, 5.41) is 9.12. The van der Waals surface area contributed by atoms with Gasteiger partial charge in [-0.1, -0.05) is 6.07 Å². The lowest BCUT2D eigenvalue weighted by Crippen LogP contribution is -2.03. The topological polar surface area (TPSA) is 42.4 Å². The number of hydrogen-bond acceptors (Lipinski definition) is 3. The largest absolute Gasteiger partial charge is 0.481 e. The molecule has 3 heteroatoms. The maximum absolute atomic E-state index is 9.12. The van der Waals surface area contributed by atoms with Crippen molar-refractivity contribution < 1.29 is 9.84 Å². The summed E-state index contributed by atoms with van der Waals surface area (Å²) in [6, 6.07) is 3.84. The zero-order valence-corrected chi connectivity index (χ0v) is 8.03. The molecular formula is C10H15NO2. The van der Waals surface area contributed by atoms with Gasteiger partial charge >= 0.3 is 0 Å². The van der Waals surface area contributed by atoms with E-state index in [4.69, 9.17) is 9.84 Å². The van der Waals surface area contributed by atoms with E-state index in [0.717, 1.165) is 18.4 Å². The molecule has 0 spiro atoms. The number of rotatable bonds is 4. The van der Waals surface area contributed by atoms with Crippen LogP contribution in [0.15, 0.2) is 18.3 Å². The first kappa shape index (κ1) is 9.99. The Hall–Kier alpha value is -1.09. The normalized spacial score (nSPS) is 12.5. The average Bonchev–Trinajstić information content (AvgIpc) is 2.15. The summed E-state index contributed by atoms with van der Waals surface area (Å²) >= 11 is 0. The molecule has 0 bridgehead atoms. The van der Waals surface area contributed by atoms with E-state index in [1.165, 1.54) is 0 Å². The fourth-order valence-corrected chi connectivity index (χ4v) is 1.16. The summed E-state index contributed by atoms with van der Waals surface area (Å²) in [5.41, 5.74) is 1.05. The SMILES string of the molecule is COc1ncccc1CC[C@H](C)O. The second-order valence-electron chi connectivity index (χ2n) is 3.06. The number of ether oxygens (including phenoxy) is 1. The summed E-state index contributed by atoms with van der Waals surface area (Å²) in [4.78, 5) is 4.07. The van der Waals surface area contributed by atoms with Gasteiger partial charge in [-0.3, -0.25) is 0 Å². The molecule has 1 heterocycles. The van der Waals surface area contributed by atoms with Gasteiger partial charge in [0.05, 0.1) is 13.2 Å². The number of aryl methyl sites for hydroxylation is 1. The predicted molar refractivity (Wildman–Crippen MR) is 50.8 cm³/mol. The van der Waals surface area contributed by atoms with Crippen LogP contribution in [0.3, 0.4) is 0 Å². The highest BCUT2D eigenvalue weighted by molar-refractivity contribution is 5.25. The molecule has 0 aromatic carbocycles. The van der Waals surface area contributed by atoms with Crippen LogP contribution in [0, 0.1) is 0 Å². The summed E-state index contributed by atoms with van der Waals surface area (Å²) in [5.74, 6) is 0.656. The summed E-state index contributed by atoms with van der Waals surface area (Å²) in [6.45, 7) is 1.78. The van der Waals surface area contributed by atoms with Crippen LogP contribution in [0.2, 0.25) is 0 Å². The first-order chi connectivity index (χ1) is 6.24. The molecule has 0 saturated heterocycles. The van der Waals surface area contributed by atoms with Crippen LogP contribution >= 0.6 is 0 Å². The van der Waals surface area contributed by atoms with E-state index in [1.54, 1.807) is 20.2 Å². The fraction of sp³-hybridized carbons (Fsp3) is 0.500. The Kier molecular flexibility index (Phi) is 3.71. The molecule has 1 aromatic rings. The molecule has 0 radical (unpaired) electrons. The Morgan fingerprint density at radius 2 is 2.38 bits per heavy atom. The van der Waals surface area contributed by atoms with Crippen molar-refractivity contribution >= 4 is 0 Å². The highest BCUT2D eigenvalue weighted by atomic mass is 16.5. The summed E-state index contributed by atoms with van der Waals surface area (Å²) in [7, 11) is 1.61. The molecule has 0 amide bonds. The Balaban J connectivity index is 2.64. The van der Waals surface area contributed by atoms with Crippen LogP contribution in [0.25, 0.3) is 0 Å². The maximum Gasteiger partial charge on any atom is 0.216 e. The summed E-state index contributed by atoms with van der Waals surface area (Å²) in [6.07, 6.45) is 2.96. The Morgan fingerprint density at radius 3 is 3.00 bits per heavy atom. The zero-order chi connectivity index (χ0) is 9.68. The van der Waals surface area contributed by atoms with Crippen molar-refractivity contribution in [2.45, 2.75) is 25.9 Å². The predicted octanol–water partition coefficient (Wildman–Crippen LogP) is 1.40. The highest BCUT2D eigenvalue weighted by Gasteiger charge is 2.04. The van der Waals surface area contributed by atoms with Crippen molar-refractivity contribution in [2.24, 2.45) is 0 Å². The van der Waals surface area contributed by atoms with Gasteiger partial charge in [-0.2, -0.15) is 0 Å². The third-order valence-corrected chi connectivity index (χ3v) is 1.87. The zero-order valence-electron chi connectivity index (χ0n) is 8.03. The second-order valence-corrected chi connectivity index (χ2v) is 3.06. The molecule has 0 aliphatic rings. The van der Waals surface area contributed by atoms with Gasteiger partial charge in [-0.25, -0.2) is 4.98 Å². The molecule has 1 aromatic heterocycles. The standard InChI is InChI=1S/C10H15NO2/c1-8(12)5-6-9-4-3-7-11-10(9)13-2/h3-4,7-8,12H,5-6H2,1-2H3/t8-/m0/s1. The van der Waals surface area contributed by atoms with Crippen molar-refractivity contribution in [3.8, 4) is 5.88 Å². The van der Waals surface area contributed by atoms with Crippen molar-refractivity contribution in [1.29, 1.82) is 0 Å². The van der Waals surface area contributed by atoms with Crippen LogP contribution in [0.1, 0.15) is 18.9 Å². The second kappa shape index (κ2) is 4.82. The van der Waals surface area contributed by atoms with Gasteiger partial charge in [0.15, 0.2) is 0 Å². The average molecular weight is 181 g/mol. The van der Waals surface area contributed by atoms with E-state index >= 15 is 0 Å². The van der Waals surface area contributed by atoms with Gasteiger partial charge in [0.2, 0.25) is 5.88 Å². The molecule has 13 heavy (non-hydrogen) atoms. The Morgan fingerprint density at radius 1 is 1.62 bits per heavy atom. The van der Waals surface area contributed by atoms with Gasteiger partial charge in [-0.15, -0.1) is 0 Å². The van der Waals surface area contributed by atoms with E-state index in [0.29, 0.717) is 5.88 Å². The quantitative estimate of drug-likeness (QED) is 0.763. The first-order valence-corrected chi connectivity index (χ1v) is 4.40. The minimum atomic E-state index is -0.273. The van der Waals surface area contributed by atoms with Crippen molar-refractivity contribution in [3.63, 3.8) is 0 Å². The van der Waals surface area contributed by atoms with Crippen molar-refractivity contribution in [2.75, 3.05) is 7.11 Å². The molecule has 1 atom stereocenters. The molecule has 0 aliphatic heterocycles. The number of hydrogen-bond donors (Lipinski definition) is 1. The van der Waals surface area contributed by atoms with Gasteiger partial charge in [0.25, 0.3) is 0 Å². The van der Waals surface area contributed by atoms with Crippen LogP contribution in [-0.4, -0.2) is 23.3 Å². The molecule has 0 unspecified atom stereocenters. The molecule has 3 nitrogen and oxygen atoms in total. The summed E-state index contributed by atoms with van der Waals surface area (Å²) < 4.78 is 5.08. The number of methoxy groups -OCH3 is 1. The van der Waals surface area contributed by atoms with Crippen molar-refractivity contribution in [1.82, 2.24) is 4.98 Å². The number of aliphatic hydroxyl groups excluding tert-OH is 1. The van der Waals surface area contributed by atoms with E-state index in [1.807, 2.05) is 12.1 Å². The van der Waals surface area contributed by atoms with Gasteiger partial charge in [-0.05, 0) is 25.8 Å². The maximum atomic E-state index is 9.12. The Bertz CT molecular complexity index is 261. The third-order valence-electron chi connectivity index (χ3n) is 1.87. The first-order valence-electron chi connectivity index (χ1n) is 4.40. The third kappa shape index (κ3) is 3.03. The van der Waals surface area contributed by atoms with E-state index in [-0.39, 0.29) is 6.10 Å². The van der Waals surface area contributed by atoms with Crippen LogP contribution < -0.4 is 4.74 Å². The molecule has 0 fully saturated rings. The highest BCUT2D eigenvalue weighted by Crippen LogP contribution is 2.15.